The number of nitrogens with one attached hydrogen (secondary N) is 1. The first-order chi connectivity index (χ1) is 18.3. The Morgan fingerprint density at radius 3 is 2.32 bits per heavy atom. The van der Waals surface area contributed by atoms with E-state index in [1.807, 2.05) is 38.1 Å². The lowest BCUT2D eigenvalue weighted by Crippen LogP contribution is -2.31. The van der Waals surface area contributed by atoms with Crippen molar-refractivity contribution >= 4 is 33.2 Å². The van der Waals surface area contributed by atoms with E-state index in [0.29, 0.717) is 29.4 Å². The number of nitrogens with zero attached hydrogens (tertiary/aromatic N) is 1. The minimum Gasteiger partial charge on any atom is -0.494 e. The molecule has 4 rings (SSSR count). The molecule has 0 saturated carbocycles. The average Bonchev–Trinajstić information content (AvgIpc) is 2.93. The molecule has 0 fully saturated rings. The molecule has 1 N–H and O–H groups in total. The zero-order chi connectivity index (χ0) is 27.1. The van der Waals surface area contributed by atoms with Crippen molar-refractivity contribution < 1.29 is 17.9 Å². The highest BCUT2D eigenvalue weighted by atomic mass is 35.5. The van der Waals surface area contributed by atoms with Crippen molar-refractivity contribution in [3.63, 3.8) is 0 Å². The molecule has 0 radical (unpaired) electrons. The summed E-state index contributed by atoms with van der Waals surface area (Å²) in [5.74, 6) is 0.504. The molecule has 8 heteroatoms. The third-order valence-electron chi connectivity index (χ3n) is 6.03. The van der Waals surface area contributed by atoms with Gasteiger partial charge in [0.25, 0.3) is 15.9 Å². The average molecular weight is 549 g/mol. The van der Waals surface area contributed by atoms with Crippen molar-refractivity contribution in [1.29, 1.82) is 0 Å². The van der Waals surface area contributed by atoms with E-state index in [-0.39, 0.29) is 17.3 Å². The van der Waals surface area contributed by atoms with Crippen LogP contribution in [0.2, 0.25) is 5.02 Å². The summed E-state index contributed by atoms with van der Waals surface area (Å²) in [5, 5.41) is 3.36. The molecule has 0 aliphatic heterocycles. The maximum atomic E-state index is 13.7. The Hall–Kier alpha value is -3.81. The molecule has 0 saturated heterocycles. The summed E-state index contributed by atoms with van der Waals surface area (Å²) in [4.78, 5) is 13.0. The monoisotopic (exact) mass is 548 g/mol. The number of hydrogen-bond donors (Lipinski definition) is 1. The largest absolute Gasteiger partial charge is 0.494 e. The van der Waals surface area contributed by atoms with Crippen molar-refractivity contribution in [3.05, 3.63) is 124 Å². The molecule has 0 unspecified atom stereocenters. The fourth-order valence-corrected chi connectivity index (χ4v) is 5.72. The number of rotatable bonds is 10. The van der Waals surface area contributed by atoms with E-state index >= 15 is 0 Å². The van der Waals surface area contributed by atoms with E-state index in [4.69, 9.17) is 16.3 Å². The van der Waals surface area contributed by atoms with Gasteiger partial charge in [0.05, 0.1) is 23.7 Å². The van der Waals surface area contributed by atoms with Crippen LogP contribution in [0.25, 0.3) is 0 Å². The van der Waals surface area contributed by atoms with E-state index in [1.54, 1.807) is 72.8 Å². The standard InChI is InChI=1S/C30H29ClN2O4S/c1-3-37-29-12-8-7-9-25(29)20-32-30(34)24-16-14-23(15-17-24)21-33(28-19-26(31)18-13-22(28)2)38(35,36)27-10-5-4-6-11-27/h4-19H,3,20-21H2,1-2H3,(H,32,34). The van der Waals surface area contributed by atoms with Crippen LogP contribution in [-0.2, 0) is 23.1 Å². The maximum absolute atomic E-state index is 13.7. The number of para-hydroxylation sites is 1. The van der Waals surface area contributed by atoms with E-state index in [1.165, 1.54) is 4.31 Å². The fraction of sp³-hybridized carbons (Fsp3) is 0.167. The lowest BCUT2D eigenvalue weighted by atomic mass is 10.1. The Kier molecular flexibility index (Phi) is 8.71. The molecule has 0 heterocycles. The second kappa shape index (κ2) is 12.2. The van der Waals surface area contributed by atoms with E-state index in [0.717, 1.165) is 22.4 Å². The van der Waals surface area contributed by atoms with Gasteiger partial charge in [-0.1, -0.05) is 66.2 Å². The number of halogens is 1. The van der Waals surface area contributed by atoms with E-state index in [2.05, 4.69) is 5.32 Å². The molecular formula is C30H29ClN2O4S. The van der Waals surface area contributed by atoms with Crippen LogP contribution in [0.5, 0.6) is 5.75 Å². The summed E-state index contributed by atoms with van der Waals surface area (Å²) in [6.07, 6.45) is 0. The third-order valence-corrected chi connectivity index (χ3v) is 8.03. The van der Waals surface area contributed by atoms with Gasteiger partial charge in [0.15, 0.2) is 0 Å². The Balaban J connectivity index is 1.55. The number of hydrogen-bond acceptors (Lipinski definition) is 4. The van der Waals surface area contributed by atoms with Gasteiger partial charge in [0.1, 0.15) is 5.75 Å². The number of aryl methyl sites for hydroxylation is 1. The number of sulfonamides is 1. The number of anilines is 1. The van der Waals surface area contributed by atoms with Gasteiger partial charge in [0.2, 0.25) is 0 Å². The molecule has 38 heavy (non-hydrogen) atoms. The molecule has 196 valence electrons. The molecule has 6 nitrogen and oxygen atoms in total. The first-order valence-corrected chi connectivity index (χ1v) is 14.0. The van der Waals surface area contributed by atoms with E-state index in [9.17, 15) is 13.2 Å². The molecule has 0 aliphatic carbocycles. The molecule has 0 aliphatic rings. The highest BCUT2D eigenvalue weighted by Gasteiger charge is 2.26. The Bertz CT molecular complexity index is 1510. The van der Waals surface area contributed by atoms with Crippen LogP contribution in [0, 0.1) is 6.92 Å². The topological polar surface area (TPSA) is 75.7 Å². The van der Waals surface area contributed by atoms with Crippen LogP contribution in [0.15, 0.2) is 102 Å². The van der Waals surface area contributed by atoms with Crippen molar-refractivity contribution in [1.82, 2.24) is 5.32 Å². The molecule has 1 amide bonds. The van der Waals surface area contributed by atoms with Gasteiger partial charge in [-0.2, -0.15) is 0 Å². The fourth-order valence-electron chi connectivity index (χ4n) is 4.02. The predicted molar refractivity (Wildman–Crippen MR) is 151 cm³/mol. The first-order valence-electron chi connectivity index (χ1n) is 12.2. The second-order valence-corrected chi connectivity index (χ2v) is 11.0. The second-order valence-electron chi connectivity index (χ2n) is 8.68. The molecule has 0 aromatic heterocycles. The molecular weight excluding hydrogens is 520 g/mol. The Morgan fingerprint density at radius 2 is 1.61 bits per heavy atom. The van der Waals surface area contributed by atoms with Gasteiger partial charge in [-0.25, -0.2) is 8.42 Å². The van der Waals surface area contributed by atoms with Crippen molar-refractivity contribution in [2.45, 2.75) is 31.8 Å². The lowest BCUT2D eigenvalue weighted by molar-refractivity contribution is 0.0950. The molecule has 0 spiro atoms. The summed E-state index contributed by atoms with van der Waals surface area (Å²) in [5.41, 5.74) is 3.35. The van der Waals surface area contributed by atoms with Crippen molar-refractivity contribution in [2.75, 3.05) is 10.9 Å². The highest BCUT2D eigenvalue weighted by Crippen LogP contribution is 2.31. The summed E-state index contributed by atoms with van der Waals surface area (Å²) in [6.45, 7) is 4.70. The van der Waals surface area contributed by atoms with Gasteiger partial charge in [-0.05, 0) is 67.4 Å². The molecule has 0 bridgehead atoms. The molecule has 0 atom stereocenters. The van der Waals surface area contributed by atoms with E-state index < -0.39 is 10.0 Å². The Labute approximate surface area is 228 Å². The third kappa shape index (κ3) is 6.36. The predicted octanol–water partition coefficient (Wildman–Crippen LogP) is 6.37. The van der Waals surface area contributed by atoms with Crippen LogP contribution < -0.4 is 14.4 Å². The zero-order valence-corrected chi connectivity index (χ0v) is 22.8. The normalized spacial score (nSPS) is 11.1. The van der Waals surface area contributed by atoms with Crippen LogP contribution >= 0.6 is 11.6 Å². The van der Waals surface area contributed by atoms with Crippen LogP contribution in [-0.4, -0.2) is 20.9 Å². The molecule has 4 aromatic rings. The summed E-state index contributed by atoms with van der Waals surface area (Å²) in [7, 11) is -3.88. The van der Waals surface area contributed by atoms with Gasteiger partial charge in [0, 0.05) is 22.7 Å². The van der Waals surface area contributed by atoms with Crippen molar-refractivity contribution in [2.24, 2.45) is 0 Å². The zero-order valence-electron chi connectivity index (χ0n) is 21.2. The SMILES string of the molecule is CCOc1ccccc1CNC(=O)c1ccc(CN(c2cc(Cl)ccc2C)S(=O)(=O)c2ccccc2)cc1. The number of carbonyl (C=O) groups is 1. The number of carbonyl (C=O) groups excluding carboxylic acids is 1. The van der Waals surface area contributed by atoms with Crippen molar-refractivity contribution in [3.8, 4) is 5.75 Å². The summed E-state index contributed by atoms with van der Waals surface area (Å²) in [6, 6.07) is 27.9. The minimum atomic E-state index is -3.88. The Morgan fingerprint density at radius 1 is 0.921 bits per heavy atom. The first kappa shape index (κ1) is 27.2. The van der Waals surface area contributed by atoms with Crippen LogP contribution in [0.1, 0.15) is 34.0 Å². The van der Waals surface area contributed by atoms with Crippen LogP contribution in [0.3, 0.4) is 0 Å². The number of benzene rings is 4. The van der Waals surface area contributed by atoms with Gasteiger partial charge < -0.3 is 10.1 Å². The van der Waals surface area contributed by atoms with Gasteiger partial charge in [-0.3, -0.25) is 9.10 Å². The van der Waals surface area contributed by atoms with Gasteiger partial charge in [-0.15, -0.1) is 0 Å². The summed E-state index contributed by atoms with van der Waals surface area (Å²) < 4.78 is 34.3. The minimum absolute atomic E-state index is 0.0715. The lowest BCUT2D eigenvalue weighted by Gasteiger charge is -2.26. The highest BCUT2D eigenvalue weighted by molar-refractivity contribution is 7.92. The molecule has 4 aromatic carbocycles. The van der Waals surface area contributed by atoms with Gasteiger partial charge >= 0.3 is 0 Å². The quantitative estimate of drug-likeness (QED) is 0.250. The summed E-state index contributed by atoms with van der Waals surface area (Å²) >= 11 is 6.24. The number of ether oxygens (including phenoxy) is 1. The van der Waals surface area contributed by atoms with Crippen LogP contribution in [0.4, 0.5) is 5.69 Å². The number of amides is 1. The maximum Gasteiger partial charge on any atom is 0.264 e. The smallest absolute Gasteiger partial charge is 0.264 e.